The number of nitrogens with zero attached hydrogens (tertiary/aromatic N) is 2. The molecule has 0 unspecified atom stereocenters. The normalized spacial score (nSPS) is 18.6. The van der Waals surface area contributed by atoms with Crippen molar-refractivity contribution in [3.05, 3.63) is 34.3 Å². The fourth-order valence-electron chi connectivity index (χ4n) is 2.23. The highest BCUT2D eigenvalue weighted by atomic mass is 79.9. The molecule has 1 fully saturated rings. The van der Waals surface area contributed by atoms with Crippen LogP contribution >= 0.6 is 15.9 Å². The van der Waals surface area contributed by atoms with E-state index in [0.717, 1.165) is 42.6 Å². The van der Waals surface area contributed by atoms with E-state index in [0.29, 0.717) is 6.54 Å². The monoisotopic (exact) mass is 310 g/mol. The molecule has 0 amide bonds. The highest BCUT2D eigenvalue weighted by Gasteiger charge is 2.17. The Morgan fingerprint density at radius 2 is 2.00 bits per heavy atom. The van der Waals surface area contributed by atoms with Gasteiger partial charge in [-0.15, -0.1) is 0 Å². The first-order valence-corrected chi connectivity index (χ1v) is 7.15. The van der Waals surface area contributed by atoms with E-state index in [2.05, 4.69) is 32.8 Å². The molecule has 0 spiro atoms. The minimum atomic E-state index is 0.201. The van der Waals surface area contributed by atoms with Crippen molar-refractivity contribution < 1.29 is 4.79 Å². The maximum Gasteiger partial charge on any atom is 0.177 e. The summed E-state index contributed by atoms with van der Waals surface area (Å²) in [7, 11) is 2.14. The molecule has 0 aliphatic carbocycles. The first-order chi connectivity index (χ1) is 8.66. The predicted molar refractivity (Wildman–Crippen MR) is 77.0 cm³/mol. The summed E-state index contributed by atoms with van der Waals surface area (Å²) in [5, 5.41) is 0. The summed E-state index contributed by atoms with van der Waals surface area (Å²) in [6, 6.07) is 7.65. The summed E-state index contributed by atoms with van der Waals surface area (Å²) in [6.07, 6.45) is 1.14. The van der Waals surface area contributed by atoms with Gasteiger partial charge in [0.1, 0.15) is 0 Å². The Morgan fingerprint density at radius 3 is 2.78 bits per heavy atom. The zero-order valence-electron chi connectivity index (χ0n) is 10.7. The average molecular weight is 311 g/mol. The van der Waals surface area contributed by atoms with Crippen LogP contribution in [0.3, 0.4) is 0 Å². The molecule has 18 heavy (non-hydrogen) atoms. The Bertz CT molecular complexity index is 422. The minimum Gasteiger partial charge on any atom is -0.305 e. The van der Waals surface area contributed by atoms with Crippen LogP contribution in [-0.4, -0.2) is 55.4 Å². The standard InChI is InChI=1S/C14H19BrN2O/c1-16-7-4-8-17(10-9-16)11-14(18)12-5-2-3-6-13(12)15/h2-3,5-6H,4,7-11H2,1H3. The topological polar surface area (TPSA) is 23.6 Å². The minimum absolute atomic E-state index is 0.201. The maximum absolute atomic E-state index is 12.2. The molecule has 0 radical (unpaired) electrons. The molecule has 1 aliphatic rings. The molecule has 3 nitrogen and oxygen atoms in total. The summed E-state index contributed by atoms with van der Waals surface area (Å²) < 4.78 is 0.891. The van der Waals surface area contributed by atoms with E-state index < -0.39 is 0 Å². The maximum atomic E-state index is 12.2. The van der Waals surface area contributed by atoms with Gasteiger partial charge in [-0.2, -0.15) is 0 Å². The van der Waals surface area contributed by atoms with Crippen molar-refractivity contribution in [1.82, 2.24) is 9.80 Å². The molecule has 4 heteroatoms. The van der Waals surface area contributed by atoms with Crippen molar-refractivity contribution in [1.29, 1.82) is 0 Å². The molecule has 1 heterocycles. The van der Waals surface area contributed by atoms with Gasteiger partial charge < -0.3 is 4.90 Å². The molecule has 0 N–H and O–H groups in total. The summed E-state index contributed by atoms with van der Waals surface area (Å²) in [5.74, 6) is 0.201. The molecule has 0 bridgehead atoms. The van der Waals surface area contributed by atoms with E-state index in [1.165, 1.54) is 0 Å². The first-order valence-electron chi connectivity index (χ1n) is 6.35. The number of carbonyl (C=O) groups is 1. The molecule has 0 atom stereocenters. The lowest BCUT2D eigenvalue weighted by atomic mass is 10.1. The lowest BCUT2D eigenvalue weighted by Crippen LogP contribution is -2.33. The van der Waals surface area contributed by atoms with Crippen LogP contribution in [0.15, 0.2) is 28.7 Å². The second-order valence-corrected chi connectivity index (χ2v) is 5.69. The fraction of sp³-hybridized carbons (Fsp3) is 0.500. The zero-order valence-corrected chi connectivity index (χ0v) is 12.3. The molecular formula is C14H19BrN2O. The van der Waals surface area contributed by atoms with E-state index in [-0.39, 0.29) is 5.78 Å². The Hall–Kier alpha value is -0.710. The molecule has 0 aromatic heterocycles. The third kappa shape index (κ3) is 3.64. The van der Waals surface area contributed by atoms with Gasteiger partial charge in [-0.1, -0.05) is 34.1 Å². The highest BCUT2D eigenvalue weighted by Crippen LogP contribution is 2.17. The Morgan fingerprint density at radius 1 is 1.22 bits per heavy atom. The third-order valence-corrected chi connectivity index (χ3v) is 4.05. The number of Topliss-reactive ketones (excluding diaryl/α,β-unsaturated/α-hetero) is 1. The largest absolute Gasteiger partial charge is 0.305 e. The Kier molecular flexibility index (Phi) is 4.92. The second kappa shape index (κ2) is 6.45. The summed E-state index contributed by atoms with van der Waals surface area (Å²) >= 11 is 3.44. The SMILES string of the molecule is CN1CCCN(CC(=O)c2ccccc2Br)CC1. The molecule has 1 aromatic carbocycles. The van der Waals surface area contributed by atoms with E-state index >= 15 is 0 Å². The third-order valence-electron chi connectivity index (χ3n) is 3.35. The molecule has 0 saturated carbocycles. The van der Waals surface area contributed by atoms with Gasteiger partial charge in [0, 0.05) is 23.1 Å². The van der Waals surface area contributed by atoms with Crippen LogP contribution in [0.1, 0.15) is 16.8 Å². The van der Waals surface area contributed by atoms with E-state index in [1.807, 2.05) is 24.3 Å². The average Bonchev–Trinajstić information content (AvgIpc) is 2.55. The van der Waals surface area contributed by atoms with E-state index in [4.69, 9.17) is 0 Å². The molecule has 1 aliphatic heterocycles. The molecule has 98 valence electrons. The molecular weight excluding hydrogens is 292 g/mol. The van der Waals surface area contributed by atoms with Gasteiger partial charge in [-0.3, -0.25) is 9.69 Å². The Balaban J connectivity index is 1.97. The lowest BCUT2D eigenvalue weighted by Gasteiger charge is -2.19. The number of benzene rings is 1. The smallest absolute Gasteiger partial charge is 0.177 e. The van der Waals surface area contributed by atoms with Gasteiger partial charge in [0.15, 0.2) is 5.78 Å². The van der Waals surface area contributed by atoms with Crippen molar-refractivity contribution in [2.75, 3.05) is 39.8 Å². The van der Waals surface area contributed by atoms with Gasteiger partial charge in [0.25, 0.3) is 0 Å². The number of hydrogen-bond acceptors (Lipinski definition) is 3. The van der Waals surface area contributed by atoms with Crippen LogP contribution in [0.5, 0.6) is 0 Å². The van der Waals surface area contributed by atoms with Gasteiger partial charge in [0.05, 0.1) is 6.54 Å². The lowest BCUT2D eigenvalue weighted by molar-refractivity contribution is 0.0932. The number of halogens is 1. The molecule has 2 rings (SSSR count). The van der Waals surface area contributed by atoms with Crippen molar-refractivity contribution in [3.63, 3.8) is 0 Å². The van der Waals surface area contributed by atoms with Gasteiger partial charge in [-0.25, -0.2) is 0 Å². The van der Waals surface area contributed by atoms with Crippen LogP contribution in [0.4, 0.5) is 0 Å². The zero-order chi connectivity index (χ0) is 13.0. The number of carbonyl (C=O) groups excluding carboxylic acids is 1. The van der Waals surface area contributed by atoms with Crippen molar-refractivity contribution in [3.8, 4) is 0 Å². The van der Waals surface area contributed by atoms with Crippen LogP contribution in [0.2, 0.25) is 0 Å². The van der Waals surface area contributed by atoms with Crippen LogP contribution in [0.25, 0.3) is 0 Å². The van der Waals surface area contributed by atoms with Gasteiger partial charge in [0.2, 0.25) is 0 Å². The van der Waals surface area contributed by atoms with Gasteiger partial charge in [-0.05, 0) is 32.6 Å². The van der Waals surface area contributed by atoms with Crippen molar-refractivity contribution >= 4 is 21.7 Å². The Labute approximate surface area is 117 Å². The molecule has 1 aromatic rings. The summed E-state index contributed by atoms with van der Waals surface area (Å²) in [4.78, 5) is 16.8. The summed E-state index contributed by atoms with van der Waals surface area (Å²) in [5.41, 5.74) is 0.787. The van der Waals surface area contributed by atoms with Crippen LogP contribution in [-0.2, 0) is 0 Å². The number of ketones is 1. The van der Waals surface area contributed by atoms with E-state index in [1.54, 1.807) is 0 Å². The second-order valence-electron chi connectivity index (χ2n) is 4.84. The number of rotatable bonds is 3. The number of likely N-dealkylation sites (N-methyl/N-ethyl adjacent to an activating group) is 1. The first kappa shape index (κ1) is 13.7. The van der Waals surface area contributed by atoms with E-state index in [9.17, 15) is 4.79 Å². The molecule has 1 saturated heterocycles. The van der Waals surface area contributed by atoms with Gasteiger partial charge >= 0.3 is 0 Å². The number of hydrogen-bond donors (Lipinski definition) is 0. The fourth-order valence-corrected chi connectivity index (χ4v) is 2.74. The quantitative estimate of drug-likeness (QED) is 0.800. The van der Waals surface area contributed by atoms with Crippen molar-refractivity contribution in [2.24, 2.45) is 0 Å². The van der Waals surface area contributed by atoms with Crippen molar-refractivity contribution in [2.45, 2.75) is 6.42 Å². The van der Waals surface area contributed by atoms with Crippen LogP contribution < -0.4 is 0 Å². The van der Waals surface area contributed by atoms with Crippen LogP contribution in [0, 0.1) is 0 Å². The highest BCUT2D eigenvalue weighted by molar-refractivity contribution is 9.10. The predicted octanol–water partition coefficient (Wildman–Crippen LogP) is 2.27. The summed E-state index contributed by atoms with van der Waals surface area (Å²) in [6.45, 7) is 4.69.